The van der Waals surface area contributed by atoms with Crippen molar-refractivity contribution in [1.29, 1.82) is 0 Å². The van der Waals surface area contributed by atoms with E-state index in [1.807, 2.05) is 35.9 Å². The maximum atomic E-state index is 9.99. The highest BCUT2D eigenvalue weighted by Gasteiger charge is 2.21. The van der Waals surface area contributed by atoms with Crippen molar-refractivity contribution in [2.45, 2.75) is 32.4 Å². The summed E-state index contributed by atoms with van der Waals surface area (Å²) in [4.78, 5) is 13.1. The molecule has 1 N–H and O–H groups in total. The molecule has 1 aliphatic rings. The van der Waals surface area contributed by atoms with Gasteiger partial charge in [0.25, 0.3) is 0 Å². The Morgan fingerprint density at radius 3 is 2.92 bits per heavy atom. The van der Waals surface area contributed by atoms with Crippen LogP contribution in [-0.2, 0) is 6.54 Å². The maximum absolute atomic E-state index is 9.99. The lowest BCUT2D eigenvalue weighted by Gasteiger charge is -2.16. The third kappa shape index (κ3) is 3.11. The zero-order valence-corrected chi connectivity index (χ0v) is 14.7. The van der Waals surface area contributed by atoms with Gasteiger partial charge in [0.15, 0.2) is 23.2 Å². The fourth-order valence-electron chi connectivity index (χ4n) is 3.01. The number of methoxy groups -OCH3 is 1. The zero-order valence-electron chi connectivity index (χ0n) is 14.7. The number of pyridine rings is 1. The monoisotopic (exact) mass is 352 g/mol. The highest BCUT2D eigenvalue weighted by Crippen LogP contribution is 2.24. The molecule has 0 spiro atoms. The number of ether oxygens (including phenoxy) is 1. The van der Waals surface area contributed by atoms with E-state index in [0.29, 0.717) is 23.2 Å². The van der Waals surface area contributed by atoms with E-state index in [2.05, 4.69) is 20.1 Å². The number of aliphatic hydroxyl groups is 1. The number of hydrogen-bond acceptors (Lipinski definition) is 6. The van der Waals surface area contributed by atoms with Crippen LogP contribution in [0, 0.1) is 6.92 Å². The quantitative estimate of drug-likeness (QED) is 0.774. The summed E-state index contributed by atoms with van der Waals surface area (Å²) in [6, 6.07) is 1.90. The first-order valence-corrected chi connectivity index (χ1v) is 8.50. The fourth-order valence-corrected chi connectivity index (χ4v) is 3.01. The molecule has 3 aromatic heterocycles. The molecule has 1 atom stereocenters. The van der Waals surface area contributed by atoms with Crippen molar-refractivity contribution in [3.8, 4) is 11.6 Å². The summed E-state index contributed by atoms with van der Waals surface area (Å²) < 4.78 is 9.07. The smallest absolute Gasteiger partial charge is 0.180 e. The number of rotatable bonds is 4. The van der Waals surface area contributed by atoms with Gasteiger partial charge in [0.1, 0.15) is 12.4 Å². The summed E-state index contributed by atoms with van der Waals surface area (Å²) in [5.74, 6) is 2.55. The van der Waals surface area contributed by atoms with E-state index >= 15 is 0 Å². The summed E-state index contributed by atoms with van der Waals surface area (Å²) >= 11 is 0. The molecule has 1 aliphatic heterocycles. The molecule has 0 aliphatic carbocycles. The molecule has 0 unspecified atom stereocenters. The van der Waals surface area contributed by atoms with Gasteiger partial charge in [0.05, 0.1) is 12.8 Å². The van der Waals surface area contributed by atoms with Crippen molar-refractivity contribution in [3.05, 3.63) is 47.7 Å². The number of aromatic nitrogens is 6. The topological polar surface area (TPSA) is 90.9 Å². The molecule has 4 rings (SSSR count). The van der Waals surface area contributed by atoms with Crippen LogP contribution < -0.4 is 4.74 Å². The van der Waals surface area contributed by atoms with Crippen molar-refractivity contribution in [1.82, 2.24) is 29.3 Å². The summed E-state index contributed by atoms with van der Waals surface area (Å²) in [6.07, 6.45) is 10.2. The number of fused-ring (bicyclic) bond motifs is 1. The normalized spacial score (nSPS) is 16.8. The lowest BCUT2D eigenvalue weighted by Crippen LogP contribution is -2.16. The molecule has 8 heteroatoms. The second kappa shape index (κ2) is 6.72. The van der Waals surface area contributed by atoms with Gasteiger partial charge in [0, 0.05) is 18.9 Å². The first-order valence-electron chi connectivity index (χ1n) is 8.50. The minimum atomic E-state index is -0.530. The van der Waals surface area contributed by atoms with Crippen molar-refractivity contribution in [2.75, 3.05) is 7.11 Å². The molecule has 0 fully saturated rings. The Morgan fingerprint density at radius 1 is 1.31 bits per heavy atom. The van der Waals surface area contributed by atoms with E-state index in [4.69, 9.17) is 4.74 Å². The van der Waals surface area contributed by atoms with Crippen LogP contribution in [0.2, 0.25) is 0 Å². The molecule has 0 radical (unpaired) electrons. The predicted molar refractivity (Wildman–Crippen MR) is 95.8 cm³/mol. The van der Waals surface area contributed by atoms with Crippen LogP contribution in [0.25, 0.3) is 18.0 Å². The highest BCUT2D eigenvalue weighted by atomic mass is 16.5. The molecule has 26 heavy (non-hydrogen) atoms. The van der Waals surface area contributed by atoms with Gasteiger partial charge in [-0.05, 0) is 43.5 Å². The van der Waals surface area contributed by atoms with E-state index in [1.165, 1.54) is 0 Å². The van der Waals surface area contributed by atoms with Crippen LogP contribution in [0.4, 0.5) is 0 Å². The van der Waals surface area contributed by atoms with Gasteiger partial charge in [-0.2, -0.15) is 5.10 Å². The molecule has 0 aromatic carbocycles. The van der Waals surface area contributed by atoms with Crippen LogP contribution in [0.1, 0.15) is 41.9 Å². The van der Waals surface area contributed by atoms with E-state index in [1.54, 1.807) is 24.3 Å². The number of imidazole rings is 1. The average molecular weight is 352 g/mol. The molecule has 0 saturated carbocycles. The number of hydrogen-bond donors (Lipinski definition) is 1. The number of aliphatic hydroxyl groups excluding tert-OH is 1. The van der Waals surface area contributed by atoms with Crippen LogP contribution in [0.3, 0.4) is 0 Å². The Morgan fingerprint density at radius 2 is 2.19 bits per heavy atom. The molecule has 4 heterocycles. The standard InChI is InChI=1S/C18H20N6O2/c1-12-10-23(11-20-12)18-15(26-2)8-13(9-19-18)5-6-16-21-17-14(25)4-3-7-24(17)22-16/h5-6,8-11,14,25H,3-4,7H2,1-2H3/b6-5+/t14-/m1/s1. The number of aryl methyl sites for hydroxylation is 2. The first-order chi connectivity index (χ1) is 12.6. The lowest BCUT2D eigenvalue weighted by molar-refractivity contribution is 0.130. The minimum absolute atomic E-state index is 0.530. The zero-order chi connectivity index (χ0) is 18.1. The molecule has 3 aromatic rings. The van der Waals surface area contributed by atoms with Crippen molar-refractivity contribution >= 4 is 12.2 Å². The molecule has 8 nitrogen and oxygen atoms in total. The van der Waals surface area contributed by atoms with Gasteiger partial charge < -0.3 is 9.84 Å². The van der Waals surface area contributed by atoms with Gasteiger partial charge in [-0.25, -0.2) is 19.6 Å². The Labute approximate surface area is 150 Å². The van der Waals surface area contributed by atoms with Crippen LogP contribution in [-0.4, -0.2) is 41.5 Å². The van der Waals surface area contributed by atoms with E-state index in [0.717, 1.165) is 30.6 Å². The second-order valence-electron chi connectivity index (χ2n) is 6.26. The SMILES string of the molecule is COc1cc(/C=C/c2nc3n(n2)CCC[C@H]3O)cnc1-n1cnc(C)c1. The fraction of sp³-hybridized carbons (Fsp3) is 0.333. The van der Waals surface area contributed by atoms with E-state index in [-0.39, 0.29) is 0 Å². The molecular weight excluding hydrogens is 332 g/mol. The van der Waals surface area contributed by atoms with Crippen LogP contribution in [0.15, 0.2) is 24.8 Å². The Balaban J connectivity index is 1.59. The van der Waals surface area contributed by atoms with Crippen molar-refractivity contribution in [3.63, 3.8) is 0 Å². The van der Waals surface area contributed by atoms with Gasteiger partial charge >= 0.3 is 0 Å². The largest absolute Gasteiger partial charge is 0.493 e. The van der Waals surface area contributed by atoms with Gasteiger partial charge in [-0.3, -0.25) is 4.57 Å². The molecule has 0 amide bonds. The molecule has 134 valence electrons. The molecular formula is C18H20N6O2. The van der Waals surface area contributed by atoms with E-state index < -0.39 is 6.10 Å². The van der Waals surface area contributed by atoms with Crippen molar-refractivity contribution in [2.24, 2.45) is 0 Å². The van der Waals surface area contributed by atoms with Crippen LogP contribution >= 0.6 is 0 Å². The Kier molecular flexibility index (Phi) is 4.26. The third-order valence-corrected chi connectivity index (χ3v) is 4.32. The van der Waals surface area contributed by atoms with Gasteiger partial charge in [-0.1, -0.05) is 0 Å². The molecule has 0 saturated heterocycles. The summed E-state index contributed by atoms with van der Waals surface area (Å²) in [7, 11) is 1.62. The lowest BCUT2D eigenvalue weighted by atomic mass is 10.1. The number of nitrogens with zero attached hydrogens (tertiary/aromatic N) is 6. The Hall–Kier alpha value is -3.00. The van der Waals surface area contributed by atoms with Gasteiger partial charge in [0.2, 0.25) is 0 Å². The van der Waals surface area contributed by atoms with Gasteiger partial charge in [-0.15, -0.1) is 0 Å². The molecule has 0 bridgehead atoms. The predicted octanol–water partition coefficient (Wildman–Crippen LogP) is 2.17. The third-order valence-electron chi connectivity index (χ3n) is 4.32. The average Bonchev–Trinajstić information content (AvgIpc) is 3.26. The Bertz CT molecular complexity index is 958. The summed E-state index contributed by atoms with van der Waals surface area (Å²) in [5.41, 5.74) is 1.78. The maximum Gasteiger partial charge on any atom is 0.180 e. The summed E-state index contributed by atoms with van der Waals surface area (Å²) in [6.45, 7) is 2.72. The minimum Gasteiger partial charge on any atom is -0.493 e. The first kappa shape index (κ1) is 16.5. The second-order valence-corrected chi connectivity index (χ2v) is 6.26. The van der Waals surface area contributed by atoms with Crippen LogP contribution in [0.5, 0.6) is 5.75 Å². The summed E-state index contributed by atoms with van der Waals surface area (Å²) in [5, 5.41) is 14.4. The van der Waals surface area contributed by atoms with Crippen molar-refractivity contribution < 1.29 is 9.84 Å². The highest BCUT2D eigenvalue weighted by molar-refractivity contribution is 5.67. The van der Waals surface area contributed by atoms with E-state index in [9.17, 15) is 5.11 Å².